The normalized spacial score (nSPS) is 13.4. The van der Waals surface area contributed by atoms with Crippen molar-refractivity contribution in [1.82, 2.24) is 9.13 Å². The van der Waals surface area contributed by atoms with Crippen molar-refractivity contribution in [3.63, 3.8) is 0 Å². The number of nitrogens with zero attached hydrogens (tertiary/aromatic N) is 2. The first-order chi connectivity index (χ1) is 47.8. The third-order valence-electron chi connectivity index (χ3n) is 22.2. The molecule has 4 unspecified atom stereocenters. The van der Waals surface area contributed by atoms with E-state index >= 15 is 14.4 Å². The number of aromatic nitrogens is 2. The van der Waals surface area contributed by atoms with Crippen LogP contribution < -0.4 is 22.2 Å². The second kappa shape index (κ2) is 42.4. The lowest BCUT2D eigenvalue weighted by molar-refractivity contribution is 0.384. The van der Waals surface area contributed by atoms with Crippen LogP contribution in [0.4, 0.5) is 0 Å². The molecule has 98 heavy (non-hydrogen) atoms. The molecule has 0 aliphatic rings. The van der Waals surface area contributed by atoms with Gasteiger partial charge in [-0.3, -0.25) is 28.3 Å². The molecule has 6 nitrogen and oxygen atoms in total. The van der Waals surface area contributed by atoms with E-state index in [0.29, 0.717) is 56.9 Å². The Bertz CT molecular complexity index is 3850. The standard InChI is InChI=1S/C88H130N2O4S4/c1-11-19-25-29-33-35-39-43-48-67(47-41-37-31-27-21-13-3)57-69-56-64(10)95-83(69)76-53-51-74(96-76)75-52-54-77(97-75)84-70(58-68(49-42-38-32-28-22-14-4)50-44-40-36-34-30-26-20-12-2)59-78(98-84)73-60-72-71(81-82(73)88(94)90(87(81)93)62-66(18-8)46-24-16-6)55-63(9)79-80(72)86(92)89(85(79)91)61-65(17-7)45-23-15-5/h51-56,59-60,65-68H,11-50,57-58,61-62H2,1-10H3. The third-order valence-corrected chi connectivity index (χ3v) is 27.3. The molecule has 0 spiro atoms. The number of thiophene rings is 4. The molecule has 4 atom stereocenters. The molecule has 0 bridgehead atoms. The molecule has 0 fully saturated rings. The topological polar surface area (TPSA) is 78.1 Å². The summed E-state index contributed by atoms with van der Waals surface area (Å²) in [6, 6.07) is 18.4. The van der Waals surface area contributed by atoms with E-state index in [2.05, 4.69) is 105 Å². The summed E-state index contributed by atoms with van der Waals surface area (Å²) >= 11 is 7.60. The van der Waals surface area contributed by atoms with Crippen molar-refractivity contribution in [3.8, 4) is 39.7 Å². The monoisotopic (exact) mass is 1410 g/mol. The number of aryl methyl sites for hydroxylation is 2. The summed E-state index contributed by atoms with van der Waals surface area (Å²) in [5.74, 6) is 1.62. The fourth-order valence-electron chi connectivity index (χ4n) is 16.1. The van der Waals surface area contributed by atoms with Gasteiger partial charge in [0.15, 0.2) is 0 Å². The Morgan fingerprint density at radius 2 is 0.653 bits per heavy atom. The quantitative estimate of drug-likeness (QED) is 0.0356. The maximum atomic E-state index is 15.6. The van der Waals surface area contributed by atoms with Crippen molar-refractivity contribution in [3.05, 3.63) is 112 Å². The minimum atomic E-state index is -0.278. The largest absolute Gasteiger partial charge is 0.274 e. The summed E-state index contributed by atoms with van der Waals surface area (Å²) in [5.41, 5.74) is 3.24. The van der Waals surface area contributed by atoms with Crippen LogP contribution in [0.25, 0.3) is 72.0 Å². The van der Waals surface area contributed by atoms with E-state index in [0.717, 1.165) is 74.1 Å². The lowest BCUT2D eigenvalue weighted by atomic mass is 9.88. The van der Waals surface area contributed by atoms with Crippen molar-refractivity contribution in [1.29, 1.82) is 0 Å². The van der Waals surface area contributed by atoms with Crippen LogP contribution in [0.5, 0.6) is 0 Å². The minimum Gasteiger partial charge on any atom is -0.274 e. The summed E-state index contributed by atoms with van der Waals surface area (Å²) in [4.78, 5) is 71.3. The average molecular weight is 1410 g/mol. The molecule has 10 heteroatoms. The van der Waals surface area contributed by atoms with Gasteiger partial charge >= 0.3 is 0 Å². The smallest absolute Gasteiger partial charge is 0.262 e. The van der Waals surface area contributed by atoms with E-state index in [-0.39, 0.29) is 34.1 Å². The zero-order chi connectivity index (χ0) is 69.8. The maximum Gasteiger partial charge on any atom is 0.262 e. The van der Waals surface area contributed by atoms with Crippen molar-refractivity contribution in [2.75, 3.05) is 0 Å². The minimum absolute atomic E-state index is 0.180. The van der Waals surface area contributed by atoms with Gasteiger partial charge in [-0.05, 0) is 139 Å². The highest BCUT2D eigenvalue weighted by molar-refractivity contribution is 7.29. The number of hydrogen-bond donors (Lipinski definition) is 0. The van der Waals surface area contributed by atoms with Crippen LogP contribution in [0.1, 0.15) is 334 Å². The van der Waals surface area contributed by atoms with Gasteiger partial charge in [0.05, 0.1) is 21.5 Å². The van der Waals surface area contributed by atoms with E-state index in [1.54, 1.807) is 21.5 Å². The Balaban J connectivity index is 1.22. The molecular weight excluding hydrogens is 1280 g/mol. The van der Waals surface area contributed by atoms with E-state index in [1.807, 2.05) is 47.0 Å². The summed E-state index contributed by atoms with van der Waals surface area (Å²) in [5, 5.41) is 2.91. The van der Waals surface area contributed by atoms with Crippen LogP contribution in [0.15, 0.2) is 67.7 Å². The predicted octanol–water partition coefficient (Wildman–Crippen LogP) is 27.9. The lowest BCUT2D eigenvalue weighted by Crippen LogP contribution is -2.29. The van der Waals surface area contributed by atoms with Gasteiger partial charge in [-0.15, -0.1) is 45.3 Å². The molecule has 0 amide bonds. The molecule has 0 radical (unpaired) electrons. The predicted molar refractivity (Wildman–Crippen MR) is 437 cm³/mol. The number of rotatable bonds is 52. The highest BCUT2D eigenvalue weighted by Crippen LogP contribution is 2.49. The average Bonchev–Trinajstić information content (AvgIpc) is 1.53. The van der Waals surface area contributed by atoms with Gasteiger partial charge in [-0.1, -0.05) is 299 Å². The molecule has 2 aromatic carbocycles. The summed E-state index contributed by atoms with van der Waals surface area (Å²) < 4.78 is 3.05. The molecule has 0 saturated heterocycles. The maximum absolute atomic E-state index is 15.6. The van der Waals surface area contributed by atoms with Crippen molar-refractivity contribution in [2.24, 2.45) is 23.7 Å². The van der Waals surface area contributed by atoms with E-state index in [9.17, 15) is 4.79 Å². The van der Waals surface area contributed by atoms with Crippen molar-refractivity contribution >= 4 is 77.7 Å². The van der Waals surface area contributed by atoms with Crippen molar-refractivity contribution in [2.45, 2.75) is 352 Å². The third kappa shape index (κ3) is 21.9. The fourth-order valence-corrected chi connectivity index (χ4v) is 20.8. The number of fused-ring (bicyclic) bond motifs is 5. The second-order valence-electron chi connectivity index (χ2n) is 30.3. The first-order valence-corrected chi connectivity index (χ1v) is 43.9. The van der Waals surface area contributed by atoms with Crippen LogP contribution >= 0.6 is 45.3 Å². The summed E-state index contributed by atoms with van der Waals surface area (Å²) in [6.45, 7) is 22.9. The number of benzene rings is 2. The van der Waals surface area contributed by atoms with E-state index < -0.39 is 0 Å². The van der Waals surface area contributed by atoms with Crippen LogP contribution in [-0.2, 0) is 25.9 Å². The molecular formula is C88H130N2O4S4. The Morgan fingerprint density at radius 3 is 1.07 bits per heavy atom. The van der Waals surface area contributed by atoms with Gasteiger partial charge in [-0.25, -0.2) is 0 Å². The van der Waals surface area contributed by atoms with Crippen LogP contribution in [0.3, 0.4) is 0 Å². The van der Waals surface area contributed by atoms with E-state index in [1.165, 1.54) is 256 Å². The molecule has 0 aliphatic heterocycles. The van der Waals surface area contributed by atoms with Gasteiger partial charge in [0, 0.05) is 57.7 Å². The van der Waals surface area contributed by atoms with Crippen LogP contribution in [0, 0.1) is 37.5 Å². The Hall–Kier alpha value is -4.22. The number of hydrogen-bond acceptors (Lipinski definition) is 8. The number of unbranched alkanes of at least 4 members (excludes halogenated alkanes) is 26. The second-order valence-corrected chi connectivity index (χ2v) is 34.7. The molecule has 0 saturated carbocycles. The zero-order valence-corrected chi connectivity index (χ0v) is 66.5. The molecule has 540 valence electrons. The van der Waals surface area contributed by atoms with Gasteiger partial charge in [0.2, 0.25) is 0 Å². The Kier molecular flexibility index (Phi) is 34.4. The van der Waals surface area contributed by atoms with Gasteiger partial charge in [0.1, 0.15) is 0 Å². The lowest BCUT2D eigenvalue weighted by Gasteiger charge is -2.17. The Morgan fingerprint density at radius 1 is 0.316 bits per heavy atom. The molecule has 8 rings (SSSR count). The summed E-state index contributed by atoms with van der Waals surface area (Å²) in [6.07, 6.45) is 52.2. The van der Waals surface area contributed by atoms with Gasteiger partial charge in [-0.2, -0.15) is 0 Å². The molecule has 6 aromatic heterocycles. The Labute approximate surface area is 609 Å². The SMILES string of the molecule is CCCCCCCCCCC(CCCCCCCC)Cc1cc(C)sc1-c1ccc(-c2ccc(-c3sc(-c4cc5c(cc(C)c6c(=O)n(CC(CC)CCCC)c(=O)c65)c5c(=O)n(CC(CC)CCCC)c(=O)c45)cc3CC(CCCCCCCC)CCCCCCCCCC)s2)s1. The fraction of sp³-hybridized carbons (Fsp3) is 0.659. The van der Waals surface area contributed by atoms with Gasteiger partial charge < -0.3 is 0 Å². The molecule has 6 heterocycles. The summed E-state index contributed by atoms with van der Waals surface area (Å²) in [7, 11) is 0. The van der Waals surface area contributed by atoms with Crippen molar-refractivity contribution < 1.29 is 0 Å². The molecule has 8 aromatic rings. The van der Waals surface area contributed by atoms with Gasteiger partial charge in [0.25, 0.3) is 22.2 Å². The highest BCUT2D eigenvalue weighted by Gasteiger charge is 2.29. The molecule has 0 N–H and O–H groups in total. The van der Waals surface area contributed by atoms with Crippen LogP contribution in [-0.4, -0.2) is 9.13 Å². The first kappa shape index (κ1) is 79.5. The van der Waals surface area contributed by atoms with Crippen LogP contribution in [0.2, 0.25) is 0 Å². The van der Waals surface area contributed by atoms with E-state index in [4.69, 9.17) is 0 Å². The molecule has 0 aliphatic carbocycles. The zero-order valence-electron chi connectivity index (χ0n) is 63.2. The highest BCUT2D eigenvalue weighted by atomic mass is 32.1. The first-order valence-electron chi connectivity index (χ1n) is 40.6.